The molecule has 2 bridgehead atoms. The normalized spacial score (nSPS) is 18.9. The van der Waals surface area contributed by atoms with Crippen molar-refractivity contribution in [2.45, 2.75) is 109 Å². The molecule has 2 amide bonds. The number of aliphatic hydroxyl groups excluding tert-OH is 1. The molecule has 4 N–H and O–H groups in total. The van der Waals surface area contributed by atoms with E-state index in [-0.39, 0.29) is 47.7 Å². The van der Waals surface area contributed by atoms with E-state index in [1.807, 2.05) is 45.0 Å². The number of rotatable bonds is 17. The topological polar surface area (TPSA) is 202 Å². The monoisotopic (exact) mass is 1150 g/mol. The van der Waals surface area contributed by atoms with Crippen molar-refractivity contribution in [3.63, 3.8) is 0 Å². The van der Waals surface area contributed by atoms with Gasteiger partial charge >= 0.3 is 6.01 Å². The van der Waals surface area contributed by atoms with Crippen LogP contribution in [-0.4, -0.2) is 121 Å². The predicted molar refractivity (Wildman–Crippen MR) is 306 cm³/mol. The first-order valence-electron chi connectivity index (χ1n) is 28.7. The number of hydrogen-bond donors (Lipinski definition) is 4. The van der Waals surface area contributed by atoms with E-state index in [9.17, 15) is 33.0 Å². The zero-order valence-corrected chi connectivity index (χ0v) is 46.7. The standard InChI is InChI=1S/C63H64F4N10O7/c1-4-44-47(64)18-15-39-26-42(79)27-45(53(39)44)56-59(57-46(28-68-56)60(75-29-40-16-17-41(30-75)69-40)72-63(71-57)84-43-21-24-82-25-22-43)83-33-35-7-9-36(10-8-35)50-31-77(74-73-50)58(34(2)3)62(81)76-23-5-6-52(76)61(80)70-51(32-78)37-11-13-38(14-12-37)54-48(65)19-20-49(66)55(54)67/h7-15,18-20,26-28,31,34,40-41,43,51-52,58,69,78-79H,4-6,16-17,21-25,29-30,32-33H2,1-3H3,(H,70,80)/t40-,41?,51?,52?,58?/m1/s1. The molecule has 3 aromatic heterocycles. The number of fused-ring (bicyclic) bond motifs is 4. The Bertz CT molecular complexity index is 3760. The molecule has 0 spiro atoms. The second-order valence-corrected chi connectivity index (χ2v) is 22.5. The van der Waals surface area contributed by atoms with Crippen molar-refractivity contribution >= 4 is 39.3 Å². The number of likely N-dealkylation sites (tertiary alicyclic amines) is 1. The SMILES string of the molecule is CCc1c(F)ccc2cc(O)cc(-c3ncc4c(N5CC6CC[C@H](C5)N6)nc(OC5CCOCC5)nc4c3OCc3ccc(-c4cn(C(C(=O)N5CCCC5C(=O)NC(CO)c5ccc(-c6c(F)ccc(F)c6F)cc5)C(C)C)nn4)cc3)c12. The first-order valence-corrected chi connectivity index (χ1v) is 28.7. The summed E-state index contributed by atoms with van der Waals surface area (Å²) in [5, 5.41) is 39.0. The summed E-state index contributed by atoms with van der Waals surface area (Å²) in [5.41, 5.74) is 3.70. The van der Waals surface area contributed by atoms with Crippen LogP contribution in [0.25, 0.3) is 55.3 Å². The maximum Gasteiger partial charge on any atom is 0.319 e. The lowest BCUT2D eigenvalue weighted by molar-refractivity contribution is -0.142. The molecule has 436 valence electrons. The van der Waals surface area contributed by atoms with E-state index in [4.69, 9.17) is 29.2 Å². The van der Waals surface area contributed by atoms with E-state index < -0.39 is 53.7 Å². The Morgan fingerprint density at radius 3 is 2.32 bits per heavy atom. The molecule has 4 aliphatic heterocycles. The third-order valence-corrected chi connectivity index (χ3v) is 16.7. The maximum absolute atomic E-state index is 15.7. The molecule has 12 rings (SSSR count). The van der Waals surface area contributed by atoms with E-state index in [1.54, 1.807) is 30.6 Å². The van der Waals surface area contributed by atoms with Crippen molar-refractivity contribution in [3.8, 4) is 51.2 Å². The van der Waals surface area contributed by atoms with Crippen LogP contribution in [0, 0.1) is 29.2 Å². The molecule has 0 radical (unpaired) electrons. The third-order valence-electron chi connectivity index (χ3n) is 16.7. The molecule has 21 heteroatoms. The Kier molecular flexibility index (Phi) is 15.9. The number of hydrogen-bond acceptors (Lipinski definition) is 14. The summed E-state index contributed by atoms with van der Waals surface area (Å²) >= 11 is 0. The van der Waals surface area contributed by atoms with Gasteiger partial charge in [-0.1, -0.05) is 80.6 Å². The van der Waals surface area contributed by atoms with Gasteiger partial charge in [-0.25, -0.2) is 22.2 Å². The van der Waals surface area contributed by atoms with E-state index in [1.165, 1.54) is 39.9 Å². The Morgan fingerprint density at radius 2 is 1.60 bits per heavy atom. The molecular formula is C63H64F4N10O7. The number of phenols is 1. The van der Waals surface area contributed by atoms with Crippen LogP contribution in [0.5, 0.6) is 17.5 Å². The highest BCUT2D eigenvalue weighted by atomic mass is 19.2. The number of carbonyl (C=O) groups excluding carboxylic acids is 2. The molecule has 7 heterocycles. The summed E-state index contributed by atoms with van der Waals surface area (Å²) in [7, 11) is 0. The lowest BCUT2D eigenvalue weighted by atomic mass is 9.94. The number of pyridine rings is 1. The summed E-state index contributed by atoms with van der Waals surface area (Å²) in [4.78, 5) is 47.6. The van der Waals surface area contributed by atoms with Crippen LogP contribution in [0.15, 0.2) is 97.3 Å². The van der Waals surface area contributed by atoms with Crippen molar-refractivity contribution in [3.05, 3.63) is 137 Å². The second kappa shape index (κ2) is 23.8. The summed E-state index contributed by atoms with van der Waals surface area (Å²) < 4.78 is 79.5. The van der Waals surface area contributed by atoms with Gasteiger partial charge in [-0.3, -0.25) is 14.6 Å². The number of nitrogens with one attached hydrogen (secondary N) is 2. The quantitative estimate of drug-likeness (QED) is 0.0496. The molecule has 5 atom stereocenters. The van der Waals surface area contributed by atoms with Crippen LogP contribution in [0.2, 0.25) is 0 Å². The Labute approximate surface area is 482 Å². The number of ether oxygens (including phenoxy) is 3. The Hall–Kier alpha value is -8.27. The smallest absolute Gasteiger partial charge is 0.319 e. The summed E-state index contributed by atoms with van der Waals surface area (Å²) in [6.07, 6.45) is 8.05. The summed E-state index contributed by atoms with van der Waals surface area (Å²) in [5.74, 6) is -3.97. The number of aromatic nitrogens is 6. The highest BCUT2D eigenvalue weighted by Crippen LogP contribution is 2.44. The minimum Gasteiger partial charge on any atom is -0.508 e. The van der Waals surface area contributed by atoms with Crippen LogP contribution in [0.3, 0.4) is 0 Å². The van der Waals surface area contributed by atoms with Crippen LogP contribution < -0.4 is 25.0 Å². The van der Waals surface area contributed by atoms with Gasteiger partial charge in [-0.05, 0) is 101 Å². The first-order chi connectivity index (χ1) is 40.7. The number of carbonyl (C=O) groups is 2. The molecule has 84 heavy (non-hydrogen) atoms. The number of halogens is 4. The van der Waals surface area contributed by atoms with Crippen molar-refractivity contribution in [1.82, 2.24) is 45.5 Å². The lowest BCUT2D eigenvalue weighted by Gasteiger charge is -2.34. The number of amides is 2. The minimum atomic E-state index is -1.33. The van der Waals surface area contributed by atoms with Gasteiger partial charge < -0.3 is 44.9 Å². The number of nitrogens with zero attached hydrogens (tertiary/aromatic N) is 8. The number of aryl methyl sites for hydroxylation is 1. The van der Waals surface area contributed by atoms with Gasteiger partial charge in [0.2, 0.25) is 11.8 Å². The van der Waals surface area contributed by atoms with Crippen molar-refractivity contribution in [2.24, 2.45) is 5.92 Å². The molecule has 0 saturated carbocycles. The molecule has 0 aliphatic carbocycles. The maximum atomic E-state index is 15.7. The molecule has 8 aromatic rings. The first kappa shape index (κ1) is 56.2. The minimum absolute atomic E-state index is 0.0259. The molecule has 4 unspecified atom stereocenters. The van der Waals surface area contributed by atoms with Crippen LogP contribution in [-0.2, 0) is 27.4 Å². The van der Waals surface area contributed by atoms with E-state index in [2.05, 4.69) is 25.8 Å². The lowest BCUT2D eigenvalue weighted by Crippen LogP contribution is -2.51. The zero-order valence-electron chi connectivity index (χ0n) is 46.7. The molecular weight excluding hydrogens is 1080 g/mol. The fourth-order valence-corrected chi connectivity index (χ4v) is 12.4. The number of aromatic hydroxyl groups is 1. The average molecular weight is 1150 g/mol. The van der Waals surface area contributed by atoms with Gasteiger partial charge in [0.1, 0.15) is 64.9 Å². The van der Waals surface area contributed by atoms with E-state index >= 15 is 4.39 Å². The summed E-state index contributed by atoms with van der Waals surface area (Å²) in [6.45, 7) is 8.07. The second-order valence-electron chi connectivity index (χ2n) is 22.5. The van der Waals surface area contributed by atoms with Gasteiger partial charge in [-0.15, -0.1) is 5.10 Å². The van der Waals surface area contributed by atoms with Crippen LogP contribution in [0.1, 0.15) is 88.1 Å². The van der Waals surface area contributed by atoms with Gasteiger partial charge in [0.25, 0.3) is 0 Å². The highest BCUT2D eigenvalue weighted by Gasteiger charge is 2.40. The molecule has 4 saturated heterocycles. The highest BCUT2D eigenvalue weighted by molar-refractivity contribution is 6.04. The molecule has 4 aliphatic rings. The van der Waals surface area contributed by atoms with Gasteiger partial charge in [0.15, 0.2) is 17.4 Å². The Morgan fingerprint density at radius 1 is 0.869 bits per heavy atom. The predicted octanol–water partition coefficient (Wildman–Crippen LogP) is 9.71. The van der Waals surface area contributed by atoms with Crippen molar-refractivity contribution in [1.29, 1.82) is 0 Å². The summed E-state index contributed by atoms with van der Waals surface area (Å²) in [6, 6.07) is 19.3. The van der Waals surface area contributed by atoms with Crippen molar-refractivity contribution < 1.29 is 51.6 Å². The number of aliphatic hydroxyl groups is 1. The third kappa shape index (κ3) is 11.1. The van der Waals surface area contributed by atoms with Gasteiger partial charge in [0.05, 0.1) is 43.0 Å². The molecule has 17 nitrogen and oxygen atoms in total. The van der Waals surface area contributed by atoms with Gasteiger partial charge in [-0.2, -0.15) is 9.97 Å². The van der Waals surface area contributed by atoms with Gasteiger partial charge in [0, 0.05) is 61.9 Å². The number of anilines is 1. The van der Waals surface area contributed by atoms with Crippen molar-refractivity contribution in [2.75, 3.05) is 44.4 Å². The Balaban J connectivity index is 0.806. The average Bonchev–Trinajstić information content (AvgIpc) is 2.17. The fourth-order valence-electron chi connectivity index (χ4n) is 12.4. The fraction of sp³-hybridized carbons (Fsp3) is 0.381. The number of piperazine rings is 1. The molecule has 4 fully saturated rings. The largest absolute Gasteiger partial charge is 0.508 e. The molecule has 5 aromatic carbocycles. The van der Waals surface area contributed by atoms with Crippen LogP contribution >= 0.6 is 0 Å². The number of phenolic OH excluding ortho intramolecular Hbond substituents is 1. The zero-order chi connectivity index (χ0) is 58.3. The number of benzene rings is 5. The van der Waals surface area contributed by atoms with E-state index in [0.29, 0.717) is 137 Å². The van der Waals surface area contributed by atoms with E-state index in [0.717, 1.165) is 37.6 Å². The van der Waals surface area contributed by atoms with Crippen LogP contribution in [0.4, 0.5) is 23.4 Å².